The van der Waals surface area contributed by atoms with Crippen molar-refractivity contribution in [1.29, 1.82) is 0 Å². The minimum atomic E-state index is -0.306. The zero-order chi connectivity index (χ0) is 12.4. The number of nitrogen functional groups attached to an aromatic ring is 1. The molecule has 17 heavy (non-hydrogen) atoms. The van der Waals surface area contributed by atoms with Crippen molar-refractivity contribution in [3.8, 4) is 0 Å². The largest absolute Gasteiger partial charge is 0.397 e. The molecule has 0 amide bonds. The summed E-state index contributed by atoms with van der Waals surface area (Å²) in [6.07, 6.45) is 0. The number of aryl methyl sites for hydroxylation is 1. The highest BCUT2D eigenvalue weighted by Crippen LogP contribution is 2.29. The maximum atomic E-state index is 13.6. The first-order valence-electron chi connectivity index (χ1n) is 5.15. The van der Waals surface area contributed by atoms with Crippen LogP contribution in [0.5, 0.6) is 0 Å². The SMILES string of the molecule is Cc1cccc(F)c1Nc1ccc(Cl)cc1N. The molecule has 2 aromatic rings. The van der Waals surface area contributed by atoms with Gasteiger partial charge in [-0.05, 0) is 36.8 Å². The Kier molecular flexibility index (Phi) is 3.20. The van der Waals surface area contributed by atoms with Crippen LogP contribution < -0.4 is 11.1 Å². The summed E-state index contributed by atoms with van der Waals surface area (Å²) >= 11 is 5.80. The van der Waals surface area contributed by atoms with E-state index in [1.54, 1.807) is 24.3 Å². The summed E-state index contributed by atoms with van der Waals surface area (Å²) in [7, 11) is 0. The van der Waals surface area contributed by atoms with Crippen LogP contribution in [-0.4, -0.2) is 0 Å². The van der Waals surface area contributed by atoms with Crippen LogP contribution in [0.2, 0.25) is 5.02 Å². The zero-order valence-electron chi connectivity index (χ0n) is 9.30. The van der Waals surface area contributed by atoms with Gasteiger partial charge in [-0.1, -0.05) is 23.7 Å². The van der Waals surface area contributed by atoms with E-state index in [4.69, 9.17) is 17.3 Å². The molecule has 2 nitrogen and oxygen atoms in total. The number of nitrogens with two attached hydrogens (primary N) is 1. The molecule has 0 unspecified atom stereocenters. The number of benzene rings is 2. The Bertz CT molecular complexity index is 535. The molecular weight excluding hydrogens is 239 g/mol. The van der Waals surface area contributed by atoms with Crippen LogP contribution in [0.15, 0.2) is 36.4 Å². The molecule has 0 atom stereocenters. The molecule has 0 spiro atoms. The molecule has 0 saturated carbocycles. The normalized spacial score (nSPS) is 10.3. The molecular formula is C13H12ClFN2. The second-order valence-electron chi connectivity index (χ2n) is 3.79. The monoisotopic (exact) mass is 250 g/mol. The van der Waals surface area contributed by atoms with Crippen molar-refractivity contribution in [2.45, 2.75) is 6.92 Å². The van der Waals surface area contributed by atoms with Crippen molar-refractivity contribution in [3.63, 3.8) is 0 Å². The van der Waals surface area contributed by atoms with Gasteiger partial charge in [0.25, 0.3) is 0 Å². The maximum absolute atomic E-state index is 13.6. The summed E-state index contributed by atoms with van der Waals surface area (Å²) in [6, 6.07) is 9.96. The van der Waals surface area contributed by atoms with E-state index in [2.05, 4.69) is 5.32 Å². The molecule has 3 N–H and O–H groups in total. The van der Waals surface area contributed by atoms with E-state index in [-0.39, 0.29) is 5.82 Å². The number of hydrogen-bond acceptors (Lipinski definition) is 2. The lowest BCUT2D eigenvalue weighted by atomic mass is 10.1. The van der Waals surface area contributed by atoms with Gasteiger partial charge in [-0.3, -0.25) is 0 Å². The maximum Gasteiger partial charge on any atom is 0.146 e. The average molecular weight is 251 g/mol. The molecule has 0 saturated heterocycles. The van der Waals surface area contributed by atoms with Crippen LogP contribution in [0.25, 0.3) is 0 Å². The van der Waals surface area contributed by atoms with Gasteiger partial charge in [0.1, 0.15) is 5.82 Å². The first-order chi connectivity index (χ1) is 8.08. The van der Waals surface area contributed by atoms with Crippen molar-refractivity contribution in [2.24, 2.45) is 0 Å². The molecule has 0 radical (unpaired) electrons. The Morgan fingerprint density at radius 1 is 1.24 bits per heavy atom. The van der Waals surface area contributed by atoms with Gasteiger partial charge in [0, 0.05) is 5.02 Å². The lowest BCUT2D eigenvalue weighted by molar-refractivity contribution is 0.631. The van der Waals surface area contributed by atoms with Gasteiger partial charge in [-0.25, -0.2) is 4.39 Å². The highest BCUT2D eigenvalue weighted by Gasteiger charge is 2.07. The number of hydrogen-bond donors (Lipinski definition) is 2. The van der Waals surface area contributed by atoms with Gasteiger partial charge in [0.05, 0.1) is 17.1 Å². The predicted octanol–water partition coefficient (Wildman–Crippen LogP) is 4.11. The Balaban J connectivity index is 2.38. The summed E-state index contributed by atoms with van der Waals surface area (Å²) in [5, 5.41) is 3.53. The first kappa shape index (κ1) is 11.7. The number of nitrogens with one attached hydrogen (secondary N) is 1. The third-order valence-corrected chi connectivity index (χ3v) is 2.73. The molecule has 88 valence electrons. The summed E-state index contributed by atoms with van der Waals surface area (Å²) in [5.41, 5.74) is 8.18. The van der Waals surface area contributed by atoms with Crippen LogP contribution in [0.3, 0.4) is 0 Å². The Labute approximate surface area is 104 Å². The second-order valence-corrected chi connectivity index (χ2v) is 4.22. The lowest BCUT2D eigenvalue weighted by Crippen LogP contribution is -1.99. The van der Waals surface area contributed by atoms with E-state index >= 15 is 0 Å². The average Bonchev–Trinajstić information content (AvgIpc) is 2.26. The van der Waals surface area contributed by atoms with Crippen molar-refractivity contribution < 1.29 is 4.39 Å². The van der Waals surface area contributed by atoms with Gasteiger partial charge in [-0.2, -0.15) is 0 Å². The quantitative estimate of drug-likeness (QED) is 0.787. The Morgan fingerprint density at radius 3 is 2.65 bits per heavy atom. The second kappa shape index (κ2) is 4.63. The fourth-order valence-corrected chi connectivity index (χ4v) is 1.75. The third kappa shape index (κ3) is 2.50. The molecule has 0 aliphatic heterocycles. The van der Waals surface area contributed by atoms with E-state index in [1.165, 1.54) is 6.07 Å². The standard InChI is InChI=1S/C13H12ClFN2/c1-8-3-2-4-10(15)13(8)17-12-6-5-9(14)7-11(12)16/h2-7,17H,16H2,1H3. The van der Waals surface area contributed by atoms with Gasteiger partial charge in [0.15, 0.2) is 0 Å². The van der Waals surface area contributed by atoms with Crippen LogP contribution >= 0.6 is 11.6 Å². The fourth-order valence-electron chi connectivity index (χ4n) is 1.57. The van der Waals surface area contributed by atoms with Gasteiger partial charge >= 0.3 is 0 Å². The minimum Gasteiger partial charge on any atom is -0.397 e. The fraction of sp³-hybridized carbons (Fsp3) is 0.0769. The summed E-state index contributed by atoms with van der Waals surface area (Å²) in [5.74, 6) is -0.306. The number of rotatable bonds is 2. The van der Waals surface area contributed by atoms with Crippen LogP contribution in [0.1, 0.15) is 5.56 Å². The number of halogens is 2. The number of anilines is 3. The predicted molar refractivity (Wildman–Crippen MR) is 70.3 cm³/mol. The lowest BCUT2D eigenvalue weighted by Gasteiger charge is -2.12. The highest BCUT2D eigenvalue weighted by atomic mass is 35.5. The van der Waals surface area contributed by atoms with Gasteiger partial charge in [0.2, 0.25) is 0 Å². The molecule has 0 bridgehead atoms. The smallest absolute Gasteiger partial charge is 0.146 e. The van der Waals surface area contributed by atoms with E-state index in [9.17, 15) is 4.39 Å². The van der Waals surface area contributed by atoms with Crippen molar-refractivity contribution >= 4 is 28.7 Å². The minimum absolute atomic E-state index is 0.306. The van der Waals surface area contributed by atoms with E-state index < -0.39 is 0 Å². The summed E-state index contributed by atoms with van der Waals surface area (Å²) in [6.45, 7) is 1.83. The molecule has 0 heterocycles. The molecule has 2 aromatic carbocycles. The summed E-state index contributed by atoms with van der Waals surface area (Å²) < 4.78 is 13.6. The molecule has 0 aliphatic rings. The van der Waals surface area contributed by atoms with Gasteiger partial charge in [-0.15, -0.1) is 0 Å². The van der Waals surface area contributed by atoms with E-state index in [0.29, 0.717) is 22.1 Å². The van der Waals surface area contributed by atoms with E-state index in [1.807, 2.05) is 13.0 Å². The first-order valence-corrected chi connectivity index (χ1v) is 5.53. The van der Waals surface area contributed by atoms with Crippen molar-refractivity contribution in [1.82, 2.24) is 0 Å². The Morgan fingerprint density at radius 2 is 2.00 bits per heavy atom. The molecule has 2 rings (SSSR count). The van der Waals surface area contributed by atoms with Gasteiger partial charge < -0.3 is 11.1 Å². The molecule has 0 aromatic heterocycles. The third-order valence-electron chi connectivity index (χ3n) is 2.50. The number of para-hydroxylation sites is 1. The van der Waals surface area contributed by atoms with Crippen molar-refractivity contribution in [3.05, 3.63) is 52.8 Å². The topological polar surface area (TPSA) is 38.0 Å². The Hall–Kier alpha value is -1.74. The zero-order valence-corrected chi connectivity index (χ0v) is 10.1. The van der Waals surface area contributed by atoms with Crippen LogP contribution in [0, 0.1) is 12.7 Å². The summed E-state index contributed by atoms with van der Waals surface area (Å²) in [4.78, 5) is 0. The van der Waals surface area contributed by atoms with Crippen LogP contribution in [-0.2, 0) is 0 Å². The van der Waals surface area contributed by atoms with Crippen LogP contribution in [0.4, 0.5) is 21.5 Å². The molecule has 0 fully saturated rings. The van der Waals surface area contributed by atoms with E-state index in [0.717, 1.165) is 5.56 Å². The van der Waals surface area contributed by atoms with Crippen molar-refractivity contribution in [2.75, 3.05) is 11.1 Å². The highest BCUT2D eigenvalue weighted by molar-refractivity contribution is 6.31. The molecule has 4 heteroatoms. The molecule has 0 aliphatic carbocycles.